The third-order valence-corrected chi connectivity index (χ3v) is 8.03. The lowest BCUT2D eigenvalue weighted by Crippen LogP contribution is -2.44. The van der Waals surface area contributed by atoms with Gasteiger partial charge in [-0.3, -0.25) is 4.21 Å². The zero-order valence-corrected chi connectivity index (χ0v) is 20.9. The molecule has 9 nitrogen and oxygen atoms in total. The van der Waals surface area contributed by atoms with Gasteiger partial charge in [0.2, 0.25) is 5.95 Å². The number of aliphatic hydroxyl groups excluding tert-OH is 1. The number of benzene rings is 1. The molecule has 10 heteroatoms. The topological polar surface area (TPSA) is 110 Å². The van der Waals surface area contributed by atoms with E-state index in [9.17, 15) is 9.32 Å². The van der Waals surface area contributed by atoms with Gasteiger partial charge in [0, 0.05) is 46.0 Å². The van der Waals surface area contributed by atoms with Crippen molar-refractivity contribution in [3.05, 3.63) is 35.9 Å². The van der Waals surface area contributed by atoms with E-state index in [0.29, 0.717) is 47.6 Å². The molecule has 5 rings (SSSR count). The third kappa shape index (κ3) is 5.10. The second-order valence-corrected chi connectivity index (χ2v) is 10.7. The summed E-state index contributed by atoms with van der Waals surface area (Å²) in [6.07, 6.45) is 1.67. The maximum absolute atomic E-state index is 11.8. The molecule has 0 radical (unpaired) electrons. The second kappa shape index (κ2) is 10.4. The van der Waals surface area contributed by atoms with Crippen LogP contribution in [0.3, 0.4) is 0 Å². The number of anilines is 2. The largest absolute Gasteiger partial charge is 0.496 e. The molecule has 0 unspecified atom stereocenters. The Morgan fingerprint density at radius 3 is 2.77 bits per heavy atom. The fraction of sp³-hybridized carbons (Fsp3) is 0.480. The van der Waals surface area contributed by atoms with Gasteiger partial charge < -0.3 is 24.8 Å². The van der Waals surface area contributed by atoms with Gasteiger partial charge in [-0.15, -0.1) is 0 Å². The molecule has 2 aliphatic heterocycles. The van der Waals surface area contributed by atoms with E-state index in [1.807, 2.05) is 30.3 Å². The van der Waals surface area contributed by atoms with Crippen LogP contribution in [0, 0.1) is 0 Å². The molecule has 0 aliphatic carbocycles. The van der Waals surface area contributed by atoms with Crippen LogP contribution in [0.2, 0.25) is 0 Å². The number of hydrogen-bond donors (Lipinski definition) is 2. The van der Waals surface area contributed by atoms with E-state index in [1.165, 1.54) is 0 Å². The number of rotatable bonds is 6. The Labute approximate surface area is 207 Å². The fourth-order valence-electron chi connectivity index (χ4n) is 4.66. The van der Waals surface area contributed by atoms with Gasteiger partial charge in [0.05, 0.1) is 44.1 Å². The lowest BCUT2D eigenvalue weighted by Gasteiger charge is -2.35. The molecule has 3 aromatic rings. The number of pyridine rings is 1. The van der Waals surface area contributed by atoms with Gasteiger partial charge in [-0.05, 0) is 50.1 Å². The minimum Gasteiger partial charge on any atom is -0.496 e. The smallest absolute Gasteiger partial charge is 0.226 e. The average Bonchev–Trinajstić information content (AvgIpc) is 2.89. The Hall–Kier alpha value is -2.82. The molecule has 1 aromatic carbocycles. The van der Waals surface area contributed by atoms with Crippen LogP contribution in [0.1, 0.15) is 25.3 Å². The van der Waals surface area contributed by atoms with Crippen molar-refractivity contribution < 1.29 is 18.8 Å². The maximum atomic E-state index is 11.8. The van der Waals surface area contributed by atoms with Crippen LogP contribution in [-0.4, -0.2) is 74.7 Å². The number of fused-ring (bicyclic) bond motifs is 1. The molecule has 186 valence electrons. The monoisotopic (exact) mass is 497 g/mol. The molecule has 0 amide bonds. The van der Waals surface area contributed by atoms with Crippen molar-refractivity contribution in [2.75, 3.05) is 48.6 Å². The SMILES string of the molecule is COc1ccc(-c2ccc3c(N4CCOC[C@@H]4C)nc(NC4CCS(=O)CC4)nc3n2)cc1CO. The average molecular weight is 498 g/mol. The number of nitrogens with one attached hydrogen (secondary N) is 1. The van der Waals surface area contributed by atoms with Crippen molar-refractivity contribution in [2.45, 2.75) is 38.5 Å². The second-order valence-electron chi connectivity index (χ2n) is 9.01. The van der Waals surface area contributed by atoms with Crippen molar-refractivity contribution in [2.24, 2.45) is 0 Å². The van der Waals surface area contributed by atoms with E-state index in [0.717, 1.165) is 41.8 Å². The van der Waals surface area contributed by atoms with Crippen LogP contribution >= 0.6 is 0 Å². The van der Waals surface area contributed by atoms with Gasteiger partial charge in [0.25, 0.3) is 0 Å². The minimum atomic E-state index is -0.726. The standard InChI is InChI=1S/C25H31N5O4S/c1-16-15-34-10-9-30(16)24-20-4-5-21(17-3-6-22(33-2)18(13-17)14-31)27-23(20)28-25(29-24)26-19-7-11-35(32)12-8-19/h3-6,13,16,19,31H,7-12,14-15H2,1-2H3,(H,26,27,28,29)/t16-,19?,35?/m0/s1. The summed E-state index contributed by atoms with van der Waals surface area (Å²) in [6, 6.07) is 10.0. The fourth-order valence-corrected chi connectivity index (χ4v) is 5.96. The summed E-state index contributed by atoms with van der Waals surface area (Å²) in [5.74, 6) is 3.43. The summed E-state index contributed by atoms with van der Waals surface area (Å²) in [7, 11) is 0.863. The Kier molecular flexibility index (Phi) is 7.12. The first kappa shape index (κ1) is 23.9. The van der Waals surface area contributed by atoms with E-state index in [2.05, 4.69) is 17.1 Å². The van der Waals surface area contributed by atoms with E-state index in [4.69, 9.17) is 24.4 Å². The zero-order chi connectivity index (χ0) is 24.4. The van der Waals surface area contributed by atoms with Gasteiger partial charge in [0.1, 0.15) is 11.6 Å². The predicted molar refractivity (Wildman–Crippen MR) is 137 cm³/mol. The van der Waals surface area contributed by atoms with Crippen molar-refractivity contribution >= 4 is 33.6 Å². The van der Waals surface area contributed by atoms with Gasteiger partial charge in [0.15, 0.2) is 5.65 Å². The van der Waals surface area contributed by atoms with E-state index >= 15 is 0 Å². The highest BCUT2D eigenvalue weighted by atomic mass is 32.2. The highest BCUT2D eigenvalue weighted by Gasteiger charge is 2.25. The first-order valence-corrected chi connectivity index (χ1v) is 13.5. The number of aromatic nitrogens is 3. The minimum absolute atomic E-state index is 0.119. The molecular weight excluding hydrogens is 466 g/mol. The van der Waals surface area contributed by atoms with Crippen molar-refractivity contribution in [3.63, 3.8) is 0 Å². The van der Waals surface area contributed by atoms with Gasteiger partial charge in [-0.2, -0.15) is 9.97 Å². The quantitative estimate of drug-likeness (QED) is 0.531. The summed E-state index contributed by atoms with van der Waals surface area (Å²) in [5.41, 5.74) is 2.94. The number of hydrogen-bond acceptors (Lipinski definition) is 9. The lowest BCUT2D eigenvalue weighted by atomic mass is 10.1. The van der Waals surface area contributed by atoms with Crippen molar-refractivity contribution in [1.82, 2.24) is 15.0 Å². The lowest BCUT2D eigenvalue weighted by molar-refractivity contribution is 0.0987. The molecule has 2 N–H and O–H groups in total. The summed E-state index contributed by atoms with van der Waals surface area (Å²) < 4.78 is 22.8. The first-order chi connectivity index (χ1) is 17.1. The molecule has 0 bridgehead atoms. The molecule has 2 saturated heterocycles. The van der Waals surface area contributed by atoms with Crippen LogP contribution in [0.4, 0.5) is 11.8 Å². The maximum Gasteiger partial charge on any atom is 0.226 e. The number of aliphatic hydroxyl groups is 1. The third-order valence-electron chi connectivity index (χ3n) is 6.65. The number of ether oxygens (including phenoxy) is 2. The van der Waals surface area contributed by atoms with E-state index < -0.39 is 10.8 Å². The van der Waals surface area contributed by atoms with Crippen molar-refractivity contribution in [1.29, 1.82) is 0 Å². The Morgan fingerprint density at radius 2 is 2.03 bits per heavy atom. The van der Waals surface area contributed by atoms with Crippen molar-refractivity contribution in [3.8, 4) is 17.0 Å². The van der Waals surface area contributed by atoms with Crippen LogP contribution in [0.15, 0.2) is 30.3 Å². The molecule has 2 aliphatic rings. The van der Waals surface area contributed by atoms with E-state index in [-0.39, 0.29) is 18.7 Å². The summed E-state index contributed by atoms with van der Waals surface area (Å²) in [6.45, 7) is 4.05. The molecule has 2 aromatic heterocycles. The normalized spacial score (nSPS) is 22.8. The van der Waals surface area contributed by atoms with Gasteiger partial charge in [-0.25, -0.2) is 4.98 Å². The number of methoxy groups -OCH3 is 1. The van der Waals surface area contributed by atoms with Crippen LogP contribution < -0.4 is 15.0 Å². The molecule has 0 spiro atoms. The first-order valence-electron chi connectivity index (χ1n) is 12.0. The molecular formula is C25H31N5O4S. The van der Waals surface area contributed by atoms with E-state index in [1.54, 1.807) is 7.11 Å². The number of morpholine rings is 1. The molecule has 2 fully saturated rings. The van der Waals surface area contributed by atoms with Crippen LogP contribution in [0.25, 0.3) is 22.3 Å². The summed E-state index contributed by atoms with van der Waals surface area (Å²) in [5, 5.41) is 14.1. The summed E-state index contributed by atoms with van der Waals surface area (Å²) >= 11 is 0. The highest BCUT2D eigenvalue weighted by molar-refractivity contribution is 7.85. The number of nitrogens with zero attached hydrogens (tertiary/aromatic N) is 4. The Morgan fingerprint density at radius 1 is 1.20 bits per heavy atom. The Balaban J connectivity index is 1.56. The molecule has 4 heterocycles. The zero-order valence-electron chi connectivity index (χ0n) is 20.1. The van der Waals surface area contributed by atoms with Crippen LogP contribution in [-0.2, 0) is 22.1 Å². The predicted octanol–water partition coefficient (Wildman–Crippen LogP) is 2.74. The molecule has 35 heavy (non-hydrogen) atoms. The van der Waals surface area contributed by atoms with Gasteiger partial charge in [-0.1, -0.05) is 0 Å². The highest BCUT2D eigenvalue weighted by Crippen LogP contribution is 2.31. The van der Waals surface area contributed by atoms with Gasteiger partial charge >= 0.3 is 0 Å². The Bertz CT molecular complexity index is 1230. The molecule has 0 saturated carbocycles. The molecule has 1 atom stereocenters. The van der Waals surface area contributed by atoms with Crippen LogP contribution in [0.5, 0.6) is 5.75 Å². The summed E-state index contributed by atoms with van der Waals surface area (Å²) in [4.78, 5) is 16.9.